The Labute approximate surface area is 141 Å². The van der Waals surface area contributed by atoms with Crippen LogP contribution >= 0.6 is 0 Å². The number of para-hydroxylation sites is 1. The van der Waals surface area contributed by atoms with E-state index in [0.717, 1.165) is 50.8 Å². The molecule has 1 fully saturated rings. The Bertz CT molecular complexity index is 612. The van der Waals surface area contributed by atoms with Crippen molar-refractivity contribution in [2.45, 2.75) is 19.6 Å². The molecule has 0 atom stereocenters. The molecule has 0 saturated carbocycles. The summed E-state index contributed by atoms with van der Waals surface area (Å²) in [4.78, 5) is 6.95. The number of aliphatic hydroxyl groups is 1. The molecule has 1 aliphatic heterocycles. The number of nitrogens with zero attached hydrogens (tertiary/aromatic N) is 4. The SMILES string of the molecule is OCCn1nc(COc2ccccc2)nc1CCN1CCOCC1. The molecule has 1 aromatic carbocycles. The summed E-state index contributed by atoms with van der Waals surface area (Å²) in [7, 11) is 0. The molecule has 7 heteroatoms. The van der Waals surface area contributed by atoms with Crippen LogP contribution < -0.4 is 4.74 Å². The highest BCUT2D eigenvalue weighted by atomic mass is 16.5. The van der Waals surface area contributed by atoms with Gasteiger partial charge in [-0.1, -0.05) is 18.2 Å². The number of rotatable bonds is 8. The molecule has 0 bridgehead atoms. The summed E-state index contributed by atoms with van der Waals surface area (Å²) in [5, 5.41) is 13.7. The van der Waals surface area contributed by atoms with E-state index in [0.29, 0.717) is 19.0 Å². The zero-order valence-corrected chi connectivity index (χ0v) is 13.8. The fourth-order valence-electron chi connectivity index (χ4n) is 2.69. The van der Waals surface area contributed by atoms with Gasteiger partial charge in [-0.2, -0.15) is 5.10 Å². The van der Waals surface area contributed by atoms with E-state index in [1.807, 2.05) is 30.3 Å². The van der Waals surface area contributed by atoms with Crippen LogP contribution in [0, 0.1) is 0 Å². The molecule has 1 N–H and O–H groups in total. The van der Waals surface area contributed by atoms with Crippen molar-refractivity contribution in [1.82, 2.24) is 19.7 Å². The summed E-state index contributed by atoms with van der Waals surface area (Å²) in [5.74, 6) is 2.33. The van der Waals surface area contributed by atoms with E-state index in [4.69, 9.17) is 9.47 Å². The first-order chi connectivity index (χ1) is 11.8. The molecule has 0 unspecified atom stereocenters. The number of hydrogen-bond donors (Lipinski definition) is 1. The van der Waals surface area contributed by atoms with E-state index in [1.165, 1.54) is 0 Å². The zero-order valence-electron chi connectivity index (χ0n) is 13.8. The lowest BCUT2D eigenvalue weighted by Gasteiger charge is -2.26. The second-order valence-corrected chi connectivity index (χ2v) is 5.70. The predicted molar refractivity (Wildman–Crippen MR) is 88.8 cm³/mol. The molecule has 0 aliphatic carbocycles. The van der Waals surface area contributed by atoms with Gasteiger partial charge in [-0.05, 0) is 12.1 Å². The molecule has 24 heavy (non-hydrogen) atoms. The van der Waals surface area contributed by atoms with Gasteiger partial charge in [0.1, 0.15) is 18.2 Å². The van der Waals surface area contributed by atoms with Gasteiger partial charge >= 0.3 is 0 Å². The van der Waals surface area contributed by atoms with Crippen molar-refractivity contribution < 1.29 is 14.6 Å². The number of hydrogen-bond acceptors (Lipinski definition) is 6. The van der Waals surface area contributed by atoms with Gasteiger partial charge in [-0.15, -0.1) is 0 Å². The van der Waals surface area contributed by atoms with Gasteiger partial charge in [0.15, 0.2) is 5.82 Å². The molecule has 3 rings (SSSR count). The number of aromatic nitrogens is 3. The third-order valence-corrected chi connectivity index (χ3v) is 3.97. The average Bonchev–Trinajstić information content (AvgIpc) is 3.02. The number of aliphatic hydroxyl groups excluding tert-OH is 1. The van der Waals surface area contributed by atoms with E-state index in [9.17, 15) is 5.11 Å². The number of morpholine rings is 1. The van der Waals surface area contributed by atoms with Crippen LogP contribution in [0.5, 0.6) is 5.75 Å². The first kappa shape index (κ1) is 16.9. The second kappa shape index (κ2) is 8.77. The molecular weight excluding hydrogens is 308 g/mol. The third-order valence-electron chi connectivity index (χ3n) is 3.97. The maximum absolute atomic E-state index is 9.23. The molecule has 130 valence electrons. The van der Waals surface area contributed by atoms with E-state index >= 15 is 0 Å². The van der Waals surface area contributed by atoms with Crippen molar-refractivity contribution in [3.8, 4) is 5.75 Å². The van der Waals surface area contributed by atoms with Crippen LogP contribution in [0.1, 0.15) is 11.6 Å². The fourth-order valence-corrected chi connectivity index (χ4v) is 2.69. The number of ether oxygens (including phenoxy) is 2. The standard InChI is InChI=1S/C17H24N4O3/c22-11-8-21-17(6-7-20-9-12-23-13-10-20)18-16(19-21)14-24-15-4-2-1-3-5-15/h1-5,22H,6-14H2. The van der Waals surface area contributed by atoms with E-state index in [2.05, 4.69) is 15.0 Å². The zero-order chi connectivity index (χ0) is 16.6. The van der Waals surface area contributed by atoms with Crippen molar-refractivity contribution in [3.05, 3.63) is 42.0 Å². The molecule has 0 spiro atoms. The molecule has 0 amide bonds. The van der Waals surface area contributed by atoms with Gasteiger partial charge in [0.2, 0.25) is 0 Å². The van der Waals surface area contributed by atoms with Crippen LogP contribution in [-0.2, 0) is 24.3 Å². The maximum atomic E-state index is 9.23. The smallest absolute Gasteiger partial charge is 0.188 e. The van der Waals surface area contributed by atoms with Crippen LogP contribution in [0.2, 0.25) is 0 Å². The molecule has 0 radical (unpaired) electrons. The minimum absolute atomic E-state index is 0.0485. The molecule has 1 saturated heterocycles. The van der Waals surface area contributed by atoms with Crippen LogP contribution in [0.25, 0.3) is 0 Å². The molecular formula is C17H24N4O3. The lowest BCUT2D eigenvalue weighted by atomic mass is 10.3. The quantitative estimate of drug-likeness (QED) is 0.768. The second-order valence-electron chi connectivity index (χ2n) is 5.70. The number of benzene rings is 1. The summed E-state index contributed by atoms with van der Waals surface area (Å²) in [5.41, 5.74) is 0. The summed E-state index contributed by atoms with van der Waals surface area (Å²) in [6.07, 6.45) is 0.804. The fraction of sp³-hybridized carbons (Fsp3) is 0.529. The Kier molecular flexibility index (Phi) is 6.17. The molecule has 2 aromatic rings. The van der Waals surface area contributed by atoms with Crippen LogP contribution in [0.4, 0.5) is 0 Å². The Balaban J connectivity index is 1.58. The van der Waals surface area contributed by atoms with E-state index < -0.39 is 0 Å². The van der Waals surface area contributed by atoms with Crippen LogP contribution in [0.3, 0.4) is 0 Å². The molecule has 2 heterocycles. The highest BCUT2D eigenvalue weighted by Crippen LogP contribution is 2.11. The lowest BCUT2D eigenvalue weighted by Crippen LogP contribution is -2.37. The minimum atomic E-state index is 0.0485. The van der Waals surface area contributed by atoms with Gasteiger partial charge in [-0.3, -0.25) is 4.90 Å². The normalized spacial score (nSPS) is 15.5. The third kappa shape index (κ3) is 4.77. The Morgan fingerprint density at radius 1 is 1.12 bits per heavy atom. The van der Waals surface area contributed by atoms with Crippen molar-refractivity contribution in [1.29, 1.82) is 0 Å². The maximum Gasteiger partial charge on any atom is 0.188 e. The lowest BCUT2D eigenvalue weighted by molar-refractivity contribution is 0.0381. The van der Waals surface area contributed by atoms with Crippen molar-refractivity contribution in [2.24, 2.45) is 0 Å². The summed E-state index contributed by atoms with van der Waals surface area (Å²) in [6.45, 7) is 5.25. The Morgan fingerprint density at radius 3 is 2.67 bits per heavy atom. The van der Waals surface area contributed by atoms with E-state index in [-0.39, 0.29) is 6.61 Å². The van der Waals surface area contributed by atoms with Gasteiger partial charge in [0, 0.05) is 26.1 Å². The summed E-state index contributed by atoms with van der Waals surface area (Å²) in [6, 6.07) is 9.63. The molecule has 1 aliphatic rings. The van der Waals surface area contributed by atoms with Gasteiger partial charge in [0.05, 0.1) is 26.4 Å². The van der Waals surface area contributed by atoms with Crippen molar-refractivity contribution in [2.75, 3.05) is 39.5 Å². The Hall–Kier alpha value is -1.96. The van der Waals surface area contributed by atoms with E-state index in [1.54, 1.807) is 4.68 Å². The average molecular weight is 332 g/mol. The van der Waals surface area contributed by atoms with Gasteiger partial charge < -0.3 is 14.6 Å². The monoisotopic (exact) mass is 332 g/mol. The van der Waals surface area contributed by atoms with Gasteiger partial charge in [-0.25, -0.2) is 9.67 Å². The molecule has 1 aromatic heterocycles. The van der Waals surface area contributed by atoms with Crippen LogP contribution in [-0.4, -0.2) is 64.2 Å². The first-order valence-electron chi connectivity index (χ1n) is 8.36. The highest BCUT2D eigenvalue weighted by Gasteiger charge is 2.14. The van der Waals surface area contributed by atoms with Crippen LogP contribution in [0.15, 0.2) is 30.3 Å². The van der Waals surface area contributed by atoms with Crippen molar-refractivity contribution in [3.63, 3.8) is 0 Å². The molecule has 7 nitrogen and oxygen atoms in total. The largest absolute Gasteiger partial charge is 0.486 e. The predicted octanol–water partition coefficient (Wildman–Crippen LogP) is 0.724. The van der Waals surface area contributed by atoms with Crippen molar-refractivity contribution >= 4 is 0 Å². The summed E-state index contributed by atoms with van der Waals surface area (Å²) < 4.78 is 12.9. The summed E-state index contributed by atoms with van der Waals surface area (Å²) >= 11 is 0. The topological polar surface area (TPSA) is 72.6 Å². The minimum Gasteiger partial charge on any atom is -0.486 e. The first-order valence-corrected chi connectivity index (χ1v) is 8.36. The Morgan fingerprint density at radius 2 is 1.92 bits per heavy atom. The highest BCUT2D eigenvalue weighted by molar-refractivity contribution is 5.21. The van der Waals surface area contributed by atoms with Gasteiger partial charge in [0.25, 0.3) is 0 Å².